The Hall–Kier alpha value is -3.85. The van der Waals surface area contributed by atoms with Crippen molar-refractivity contribution in [3.8, 4) is 11.3 Å². The second-order valence-electron chi connectivity index (χ2n) is 13.2. The Labute approximate surface area is 268 Å². The van der Waals surface area contributed by atoms with Gasteiger partial charge >= 0.3 is 6.09 Å². The predicted octanol–water partition coefficient (Wildman–Crippen LogP) is 6.13. The van der Waals surface area contributed by atoms with Crippen molar-refractivity contribution in [2.24, 2.45) is 4.99 Å². The molecule has 0 aliphatic carbocycles. The summed E-state index contributed by atoms with van der Waals surface area (Å²) < 4.78 is 0. The SMILES string of the molecule is CCN(CC)C(=O)C(C)(C)c1ccc2[nH]c(-c3cc(C)cc(C)c3)c(CCN(C(=NC(=O)O)N3CCN(C)CC3)C(C)C)c2c1. The number of piperazine rings is 1. The van der Waals surface area contributed by atoms with Gasteiger partial charge in [0, 0.05) is 68.5 Å². The highest BCUT2D eigenvalue weighted by molar-refractivity contribution is 5.94. The maximum absolute atomic E-state index is 13.6. The van der Waals surface area contributed by atoms with Crippen LogP contribution in [0.5, 0.6) is 0 Å². The zero-order chi connectivity index (χ0) is 33.1. The van der Waals surface area contributed by atoms with Gasteiger partial charge in [-0.2, -0.15) is 0 Å². The first kappa shape index (κ1) is 34.0. The quantitative estimate of drug-likeness (QED) is 0.222. The van der Waals surface area contributed by atoms with Crippen LogP contribution in [0.2, 0.25) is 0 Å². The molecule has 45 heavy (non-hydrogen) atoms. The summed E-state index contributed by atoms with van der Waals surface area (Å²) in [5, 5.41) is 10.9. The van der Waals surface area contributed by atoms with Crippen LogP contribution in [0.3, 0.4) is 0 Å². The number of guanidine groups is 1. The van der Waals surface area contributed by atoms with E-state index in [0.717, 1.165) is 59.5 Å². The van der Waals surface area contributed by atoms with Gasteiger partial charge in [0.05, 0.1) is 5.41 Å². The fourth-order valence-electron chi connectivity index (χ4n) is 6.52. The van der Waals surface area contributed by atoms with Gasteiger partial charge in [0.2, 0.25) is 11.9 Å². The lowest BCUT2D eigenvalue weighted by Gasteiger charge is -2.40. The first-order chi connectivity index (χ1) is 21.3. The summed E-state index contributed by atoms with van der Waals surface area (Å²) in [5.74, 6) is 0.635. The molecular formula is C36H52N6O3. The Balaban J connectivity index is 1.82. The molecule has 0 spiro atoms. The fraction of sp³-hybridized carbons (Fsp3) is 0.528. The maximum Gasteiger partial charge on any atom is 0.434 e. The zero-order valence-corrected chi connectivity index (χ0v) is 28.7. The number of aliphatic imine (C=N–C) groups is 1. The number of carbonyl (C=O) groups excluding carboxylic acids is 1. The van der Waals surface area contributed by atoms with E-state index < -0.39 is 11.5 Å². The highest BCUT2D eigenvalue weighted by atomic mass is 16.4. The van der Waals surface area contributed by atoms with Crippen LogP contribution in [0.25, 0.3) is 22.2 Å². The van der Waals surface area contributed by atoms with Crippen molar-refractivity contribution in [1.29, 1.82) is 0 Å². The second kappa shape index (κ2) is 14.1. The zero-order valence-electron chi connectivity index (χ0n) is 28.7. The number of aromatic amines is 1. The summed E-state index contributed by atoms with van der Waals surface area (Å²) in [4.78, 5) is 41.8. The first-order valence-corrected chi connectivity index (χ1v) is 16.3. The van der Waals surface area contributed by atoms with Crippen molar-refractivity contribution in [3.05, 3.63) is 58.7 Å². The van der Waals surface area contributed by atoms with Gasteiger partial charge in [-0.05, 0) is 110 Å². The number of fused-ring (bicyclic) bond motifs is 1. The number of carbonyl (C=O) groups is 2. The van der Waals surface area contributed by atoms with E-state index in [1.165, 1.54) is 11.1 Å². The van der Waals surface area contributed by atoms with Crippen molar-refractivity contribution in [3.63, 3.8) is 0 Å². The van der Waals surface area contributed by atoms with Crippen LogP contribution in [0.15, 0.2) is 41.4 Å². The standard InChI is InChI=1S/C36H52N6O3/c1-10-40(11-2)33(43)36(7,8)28-12-13-31-30(23-28)29(32(37-31)27-21-25(5)20-26(6)22-27)14-15-42(24(3)4)34(38-35(44)45)41-18-16-39(9)17-19-41/h12-13,20-24,37H,10-11,14-19H2,1-9H3,(H,44,45). The lowest BCUT2D eigenvalue weighted by Crippen LogP contribution is -2.54. The van der Waals surface area contributed by atoms with E-state index in [1.54, 1.807) is 0 Å². The lowest BCUT2D eigenvalue weighted by molar-refractivity contribution is -0.135. The molecule has 0 bridgehead atoms. The maximum atomic E-state index is 13.6. The summed E-state index contributed by atoms with van der Waals surface area (Å²) in [7, 11) is 2.09. The first-order valence-electron chi connectivity index (χ1n) is 16.3. The number of H-pyrrole nitrogens is 1. The van der Waals surface area contributed by atoms with E-state index in [1.807, 2.05) is 32.6 Å². The molecule has 2 heterocycles. The third-order valence-electron chi connectivity index (χ3n) is 9.19. The number of nitrogens with one attached hydrogen (secondary N) is 1. The van der Waals surface area contributed by atoms with Gasteiger partial charge in [-0.25, -0.2) is 4.79 Å². The molecule has 2 amide bonds. The van der Waals surface area contributed by atoms with Crippen LogP contribution < -0.4 is 0 Å². The number of aromatic nitrogens is 1. The number of hydrogen-bond acceptors (Lipinski definition) is 3. The van der Waals surface area contributed by atoms with E-state index in [4.69, 9.17) is 0 Å². The van der Waals surface area contributed by atoms with Gasteiger partial charge < -0.3 is 29.7 Å². The Kier molecular flexibility index (Phi) is 10.6. The molecule has 4 rings (SSSR count). The number of likely N-dealkylation sites (N-methyl/N-ethyl adjacent to an activating group) is 2. The van der Waals surface area contributed by atoms with Gasteiger partial charge in [-0.15, -0.1) is 4.99 Å². The van der Waals surface area contributed by atoms with Gasteiger partial charge in [0.25, 0.3) is 0 Å². The molecule has 1 aromatic heterocycles. The molecule has 0 unspecified atom stereocenters. The van der Waals surface area contributed by atoms with Gasteiger partial charge in [-0.1, -0.05) is 23.3 Å². The molecule has 0 radical (unpaired) electrons. The molecule has 2 N–H and O–H groups in total. The van der Waals surface area contributed by atoms with Crippen LogP contribution in [0, 0.1) is 13.8 Å². The molecule has 2 aromatic carbocycles. The summed E-state index contributed by atoms with van der Waals surface area (Å²) in [6.45, 7) is 21.6. The van der Waals surface area contributed by atoms with Gasteiger partial charge in [0.15, 0.2) is 0 Å². The third-order valence-corrected chi connectivity index (χ3v) is 9.19. The van der Waals surface area contributed by atoms with Crippen molar-refractivity contribution >= 4 is 28.9 Å². The van der Waals surface area contributed by atoms with Gasteiger partial charge in [0.1, 0.15) is 0 Å². The second-order valence-corrected chi connectivity index (χ2v) is 13.2. The molecule has 244 valence electrons. The minimum absolute atomic E-state index is 0.0406. The topological polar surface area (TPSA) is 95.5 Å². The number of amides is 2. The normalized spacial score (nSPS) is 14.8. The molecule has 1 fully saturated rings. The largest absolute Gasteiger partial charge is 0.463 e. The minimum Gasteiger partial charge on any atom is -0.463 e. The number of aryl methyl sites for hydroxylation is 2. The molecule has 1 aliphatic heterocycles. The van der Waals surface area contributed by atoms with Crippen molar-refractivity contribution < 1.29 is 14.7 Å². The summed E-state index contributed by atoms with van der Waals surface area (Å²) in [6, 6.07) is 13.0. The molecular weight excluding hydrogens is 564 g/mol. The average Bonchev–Trinajstić information content (AvgIpc) is 3.34. The highest BCUT2D eigenvalue weighted by Gasteiger charge is 2.33. The van der Waals surface area contributed by atoms with E-state index >= 15 is 0 Å². The number of benzene rings is 2. The fourth-order valence-corrected chi connectivity index (χ4v) is 6.52. The monoisotopic (exact) mass is 616 g/mol. The number of hydrogen-bond donors (Lipinski definition) is 2. The Morgan fingerprint density at radius 2 is 1.62 bits per heavy atom. The summed E-state index contributed by atoms with van der Waals surface area (Å²) in [5.41, 5.74) is 7.01. The average molecular weight is 617 g/mol. The molecule has 0 saturated carbocycles. The van der Waals surface area contributed by atoms with Crippen molar-refractivity contribution in [1.82, 2.24) is 24.6 Å². The Morgan fingerprint density at radius 3 is 2.18 bits per heavy atom. The Morgan fingerprint density at radius 1 is 1.00 bits per heavy atom. The van der Waals surface area contributed by atoms with Crippen LogP contribution >= 0.6 is 0 Å². The predicted molar refractivity (Wildman–Crippen MR) is 184 cm³/mol. The molecule has 3 aromatic rings. The van der Waals surface area contributed by atoms with Crippen molar-refractivity contribution in [2.45, 2.75) is 73.3 Å². The van der Waals surface area contributed by atoms with Crippen LogP contribution in [0.4, 0.5) is 4.79 Å². The summed E-state index contributed by atoms with van der Waals surface area (Å²) >= 11 is 0. The molecule has 1 saturated heterocycles. The minimum atomic E-state index is -1.18. The van der Waals surface area contributed by atoms with E-state index in [2.05, 4.69) is 95.8 Å². The molecule has 9 heteroatoms. The van der Waals surface area contributed by atoms with Crippen LogP contribution in [0.1, 0.15) is 63.8 Å². The number of carboxylic acid groups (broad SMARTS) is 1. The lowest BCUT2D eigenvalue weighted by atomic mass is 9.82. The third kappa shape index (κ3) is 7.52. The molecule has 9 nitrogen and oxygen atoms in total. The van der Waals surface area contributed by atoms with Crippen molar-refractivity contribution in [2.75, 3.05) is 52.9 Å². The number of nitrogens with zero attached hydrogens (tertiary/aromatic N) is 5. The molecule has 0 atom stereocenters. The highest BCUT2D eigenvalue weighted by Crippen LogP contribution is 2.36. The van der Waals surface area contributed by atoms with E-state index in [-0.39, 0.29) is 11.9 Å². The number of rotatable bonds is 9. The van der Waals surface area contributed by atoms with E-state index in [9.17, 15) is 14.7 Å². The Bertz CT molecular complexity index is 1520. The summed E-state index contributed by atoms with van der Waals surface area (Å²) in [6.07, 6.45) is -0.511. The smallest absolute Gasteiger partial charge is 0.434 e. The van der Waals surface area contributed by atoms with Crippen LogP contribution in [-0.4, -0.2) is 107 Å². The van der Waals surface area contributed by atoms with Gasteiger partial charge in [-0.3, -0.25) is 4.79 Å². The molecule has 1 aliphatic rings. The van der Waals surface area contributed by atoms with Crippen LogP contribution in [-0.2, 0) is 16.6 Å². The van der Waals surface area contributed by atoms with E-state index in [0.29, 0.717) is 32.0 Å².